The molecule has 174 valence electrons. The van der Waals surface area contributed by atoms with Crippen molar-refractivity contribution in [3.05, 3.63) is 66.5 Å². The molecule has 0 bridgehead atoms. The fourth-order valence-corrected chi connectivity index (χ4v) is 3.92. The van der Waals surface area contributed by atoms with Gasteiger partial charge < -0.3 is 15.8 Å². The van der Waals surface area contributed by atoms with E-state index in [-0.39, 0.29) is 5.82 Å². The van der Waals surface area contributed by atoms with E-state index in [4.69, 9.17) is 10.5 Å². The van der Waals surface area contributed by atoms with Gasteiger partial charge >= 0.3 is 6.03 Å². The number of nitrogens with zero attached hydrogens (tertiary/aromatic N) is 5. The Morgan fingerprint density at radius 1 is 1.09 bits per heavy atom. The monoisotopic (exact) mass is 462 g/mol. The van der Waals surface area contributed by atoms with E-state index in [1.165, 1.54) is 18.5 Å². The second kappa shape index (κ2) is 9.41. The number of aromatic nitrogens is 4. The second-order valence-electron chi connectivity index (χ2n) is 7.86. The first-order chi connectivity index (χ1) is 16.6. The Hall–Kier alpha value is -4.09. The first kappa shape index (κ1) is 21.7. The third-order valence-corrected chi connectivity index (χ3v) is 5.57. The Balaban J connectivity index is 1.36. The van der Waals surface area contributed by atoms with Gasteiger partial charge in [-0.3, -0.25) is 10.2 Å². The van der Waals surface area contributed by atoms with Crippen molar-refractivity contribution in [1.82, 2.24) is 24.5 Å². The van der Waals surface area contributed by atoms with Crippen LogP contribution in [0, 0.1) is 5.82 Å². The third kappa shape index (κ3) is 4.65. The minimum absolute atomic E-state index is 0.249. The summed E-state index contributed by atoms with van der Waals surface area (Å²) in [5.74, 6) is 0.171. The number of pyridine rings is 1. The number of carbonyl (C=O) groups is 1. The zero-order valence-corrected chi connectivity index (χ0v) is 18.2. The van der Waals surface area contributed by atoms with Crippen molar-refractivity contribution in [2.45, 2.75) is 6.54 Å². The smallest absolute Gasteiger partial charge is 0.324 e. The van der Waals surface area contributed by atoms with E-state index in [0.29, 0.717) is 24.7 Å². The van der Waals surface area contributed by atoms with Crippen molar-refractivity contribution >= 4 is 28.9 Å². The summed E-state index contributed by atoms with van der Waals surface area (Å²) < 4.78 is 20.3. The van der Waals surface area contributed by atoms with Crippen molar-refractivity contribution in [3.63, 3.8) is 0 Å². The summed E-state index contributed by atoms with van der Waals surface area (Å²) in [6, 6.07) is 11.6. The van der Waals surface area contributed by atoms with Crippen LogP contribution >= 0.6 is 0 Å². The number of carbonyl (C=O) groups excluding carboxylic acids is 1. The van der Waals surface area contributed by atoms with Gasteiger partial charge in [0.1, 0.15) is 23.5 Å². The number of nitrogen functional groups attached to an aromatic ring is 1. The van der Waals surface area contributed by atoms with Crippen LogP contribution < -0.4 is 16.4 Å². The molecule has 0 spiro atoms. The quantitative estimate of drug-likeness (QED) is 0.417. The second-order valence-corrected chi connectivity index (χ2v) is 7.86. The summed E-state index contributed by atoms with van der Waals surface area (Å²) in [7, 11) is 0. The molecule has 5 rings (SSSR count). The van der Waals surface area contributed by atoms with Gasteiger partial charge in [0, 0.05) is 30.9 Å². The number of rotatable bonds is 5. The number of ether oxygens (including phenoxy) is 1. The molecule has 1 saturated heterocycles. The molecule has 34 heavy (non-hydrogen) atoms. The number of benzene rings is 1. The normalized spacial score (nSPS) is 14.3. The van der Waals surface area contributed by atoms with Gasteiger partial charge in [-0.1, -0.05) is 12.1 Å². The summed E-state index contributed by atoms with van der Waals surface area (Å²) in [6.07, 6.45) is 2.49. The average Bonchev–Trinajstić information content (AvgIpc) is 3.21. The molecule has 0 aliphatic carbocycles. The van der Waals surface area contributed by atoms with Crippen LogP contribution in [0.15, 0.2) is 55.0 Å². The standard InChI is InChI=1S/C23H23FN8O2/c24-16-3-6-20(26-12-16)30-23(33)29-17-4-1-15(2-5-17)19-11-18(13-31-7-9-34-10-8-31)32-21(19)22(25)27-14-28-32/h1-6,11-12,14H,7-10,13H2,(H2,25,27,28)(H2,26,29,30,33). The summed E-state index contributed by atoms with van der Waals surface area (Å²) in [6.45, 7) is 3.87. The highest BCUT2D eigenvalue weighted by atomic mass is 19.1. The third-order valence-electron chi connectivity index (χ3n) is 5.57. The Labute approximate surface area is 194 Å². The van der Waals surface area contributed by atoms with Gasteiger partial charge in [-0.05, 0) is 35.9 Å². The average molecular weight is 462 g/mol. The number of nitrogens with two attached hydrogens (primary N) is 1. The van der Waals surface area contributed by atoms with Crippen LogP contribution in [0.2, 0.25) is 0 Å². The number of nitrogens with one attached hydrogen (secondary N) is 2. The predicted octanol–water partition coefficient (Wildman–Crippen LogP) is 2.99. The van der Waals surface area contributed by atoms with Gasteiger partial charge in [0.2, 0.25) is 0 Å². The number of urea groups is 1. The molecule has 1 aliphatic rings. The number of fused-ring (bicyclic) bond motifs is 1. The molecule has 2 amide bonds. The van der Waals surface area contributed by atoms with E-state index < -0.39 is 11.8 Å². The van der Waals surface area contributed by atoms with E-state index in [1.54, 1.807) is 12.1 Å². The molecule has 4 N–H and O–H groups in total. The van der Waals surface area contributed by atoms with E-state index in [2.05, 4.69) is 36.7 Å². The Kier molecular flexibility index (Phi) is 6.02. The molecule has 4 heterocycles. The van der Waals surface area contributed by atoms with Crippen LogP contribution in [0.1, 0.15) is 5.69 Å². The zero-order chi connectivity index (χ0) is 23.5. The van der Waals surface area contributed by atoms with Gasteiger partial charge in [0.15, 0.2) is 5.82 Å². The van der Waals surface area contributed by atoms with Crippen molar-refractivity contribution in [2.24, 2.45) is 0 Å². The molecule has 1 aliphatic heterocycles. The fourth-order valence-electron chi connectivity index (χ4n) is 3.92. The molecule has 3 aromatic heterocycles. The van der Waals surface area contributed by atoms with E-state index >= 15 is 0 Å². The Bertz CT molecular complexity index is 1300. The van der Waals surface area contributed by atoms with Crippen LogP contribution in [0.5, 0.6) is 0 Å². The minimum atomic E-state index is -0.480. The van der Waals surface area contributed by atoms with E-state index in [0.717, 1.165) is 48.2 Å². The van der Waals surface area contributed by atoms with Crippen LogP contribution in [0.4, 0.5) is 26.5 Å². The van der Waals surface area contributed by atoms with Crippen molar-refractivity contribution < 1.29 is 13.9 Å². The Morgan fingerprint density at radius 2 is 1.88 bits per heavy atom. The topological polar surface area (TPSA) is 123 Å². The molecule has 0 saturated carbocycles. The van der Waals surface area contributed by atoms with Crippen LogP contribution in [-0.2, 0) is 11.3 Å². The van der Waals surface area contributed by atoms with Crippen molar-refractivity contribution in [1.29, 1.82) is 0 Å². The largest absolute Gasteiger partial charge is 0.382 e. The lowest BCUT2D eigenvalue weighted by molar-refractivity contribution is 0.0334. The molecule has 0 atom stereocenters. The number of morpholine rings is 1. The van der Waals surface area contributed by atoms with Crippen LogP contribution in [0.25, 0.3) is 16.6 Å². The first-order valence-corrected chi connectivity index (χ1v) is 10.8. The molecule has 10 nitrogen and oxygen atoms in total. The lowest BCUT2D eigenvalue weighted by atomic mass is 10.1. The summed E-state index contributed by atoms with van der Waals surface area (Å²) >= 11 is 0. The maximum Gasteiger partial charge on any atom is 0.324 e. The number of hydrogen-bond acceptors (Lipinski definition) is 7. The number of amides is 2. The number of anilines is 3. The van der Waals surface area contributed by atoms with Crippen LogP contribution in [-0.4, -0.2) is 56.8 Å². The highest BCUT2D eigenvalue weighted by Crippen LogP contribution is 2.31. The molecular formula is C23H23FN8O2. The Morgan fingerprint density at radius 3 is 2.62 bits per heavy atom. The van der Waals surface area contributed by atoms with Crippen molar-refractivity contribution in [3.8, 4) is 11.1 Å². The molecule has 1 fully saturated rings. The zero-order valence-electron chi connectivity index (χ0n) is 18.2. The minimum Gasteiger partial charge on any atom is -0.382 e. The highest BCUT2D eigenvalue weighted by molar-refractivity contribution is 5.99. The van der Waals surface area contributed by atoms with Gasteiger partial charge in [0.25, 0.3) is 0 Å². The first-order valence-electron chi connectivity index (χ1n) is 10.8. The summed E-state index contributed by atoms with van der Waals surface area (Å²) in [5.41, 5.74) is 10.4. The summed E-state index contributed by atoms with van der Waals surface area (Å²) in [5, 5.41) is 9.72. The molecule has 1 aromatic carbocycles. The highest BCUT2D eigenvalue weighted by Gasteiger charge is 2.18. The predicted molar refractivity (Wildman–Crippen MR) is 126 cm³/mol. The SMILES string of the molecule is Nc1ncnn2c(CN3CCOCC3)cc(-c3ccc(NC(=O)Nc4ccc(F)cn4)cc3)c12. The molecule has 0 radical (unpaired) electrons. The van der Waals surface area contributed by atoms with Gasteiger partial charge in [-0.15, -0.1) is 0 Å². The lowest BCUT2D eigenvalue weighted by Crippen LogP contribution is -2.36. The van der Waals surface area contributed by atoms with Gasteiger partial charge in [0.05, 0.1) is 25.1 Å². The molecule has 0 unspecified atom stereocenters. The number of halogens is 1. The molecular weight excluding hydrogens is 439 g/mol. The summed E-state index contributed by atoms with van der Waals surface area (Å²) in [4.78, 5) is 22.5. The van der Waals surface area contributed by atoms with Crippen molar-refractivity contribution in [2.75, 3.05) is 42.7 Å². The van der Waals surface area contributed by atoms with Gasteiger partial charge in [-0.2, -0.15) is 5.10 Å². The lowest BCUT2D eigenvalue weighted by Gasteiger charge is -2.26. The van der Waals surface area contributed by atoms with E-state index in [9.17, 15) is 9.18 Å². The van der Waals surface area contributed by atoms with Gasteiger partial charge in [-0.25, -0.2) is 23.7 Å². The maximum absolute atomic E-state index is 13.0. The molecule has 11 heteroatoms. The number of hydrogen-bond donors (Lipinski definition) is 3. The van der Waals surface area contributed by atoms with Crippen LogP contribution in [0.3, 0.4) is 0 Å². The fraction of sp³-hybridized carbons (Fsp3) is 0.217. The molecule has 4 aromatic rings. The van der Waals surface area contributed by atoms with E-state index in [1.807, 2.05) is 16.6 Å². The maximum atomic E-state index is 13.0.